The van der Waals surface area contributed by atoms with Crippen molar-refractivity contribution in [3.63, 3.8) is 0 Å². The number of benzene rings is 3. The molecule has 0 fully saturated rings. The Hall–Kier alpha value is -4.60. The molecule has 3 aromatic carbocycles. The van der Waals surface area contributed by atoms with Crippen LogP contribution >= 0.6 is 11.3 Å². The van der Waals surface area contributed by atoms with Crippen LogP contribution in [0.3, 0.4) is 0 Å². The summed E-state index contributed by atoms with van der Waals surface area (Å²) in [5.41, 5.74) is 4.91. The first kappa shape index (κ1) is 24.5. The summed E-state index contributed by atoms with van der Waals surface area (Å²) in [5, 5.41) is 18.4. The van der Waals surface area contributed by atoms with E-state index < -0.39 is 5.97 Å². The zero-order valence-electron chi connectivity index (χ0n) is 19.8. The summed E-state index contributed by atoms with van der Waals surface area (Å²) in [4.78, 5) is 12.6. The lowest BCUT2D eigenvalue weighted by molar-refractivity contribution is -0.132. The van der Waals surface area contributed by atoms with Crippen molar-refractivity contribution in [2.45, 2.75) is 0 Å². The van der Waals surface area contributed by atoms with Crippen LogP contribution in [-0.2, 0) is 4.79 Å². The van der Waals surface area contributed by atoms with Crippen molar-refractivity contribution in [2.24, 2.45) is 0 Å². The molecular weight excluding hydrogens is 470 g/mol. The Morgan fingerprint density at radius 3 is 1.86 bits per heavy atom. The van der Waals surface area contributed by atoms with Gasteiger partial charge in [-0.2, -0.15) is 5.26 Å². The number of carboxylic acids is 1. The molecule has 0 saturated carbocycles. The van der Waals surface area contributed by atoms with E-state index >= 15 is 0 Å². The summed E-state index contributed by atoms with van der Waals surface area (Å²) < 4.78 is 11.1. The first-order valence-corrected chi connectivity index (χ1v) is 11.9. The number of thiophene rings is 1. The lowest BCUT2D eigenvalue weighted by atomic mass is 9.95. The summed E-state index contributed by atoms with van der Waals surface area (Å²) in [5.74, 6) is -0.405. The van der Waals surface area contributed by atoms with Gasteiger partial charge in [0.1, 0.15) is 11.6 Å². The van der Waals surface area contributed by atoms with E-state index in [4.69, 9.17) is 14.7 Å². The highest BCUT2D eigenvalue weighted by molar-refractivity contribution is 7.17. The van der Waals surface area contributed by atoms with Gasteiger partial charge in [0.25, 0.3) is 0 Å². The molecule has 0 amide bonds. The molecule has 1 heterocycles. The summed E-state index contributed by atoms with van der Waals surface area (Å²) in [6, 6.07) is 30.2. The Labute approximate surface area is 213 Å². The number of ether oxygens (including phenoxy) is 2. The van der Waals surface area contributed by atoms with Crippen molar-refractivity contribution in [1.82, 2.24) is 0 Å². The monoisotopic (exact) mass is 493 g/mol. The molecule has 0 aliphatic rings. The van der Waals surface area contributed by atoms with Crippen LogP contribution < -0.4 is 9.47 Å². The van der Waals surface area contributed by atoms with E-state index in [1.807, 2.05) is 60.7 Å². The Morgan fingerprint density at radius 1 is 0.833 bits per heavy atom. The topological polar surface area (TPSA) is 79.5 Å². The highest BCUT2D eigenvalue weighted by Crippen LogP contribution is 2.48. The lowest BCUT2D eigenvalue weighted by Gasteiger charge is -2.10. The van der Waals surface area contributed by atoms with Gasteiger partial charge in [-0.25, -0.2) is 4.79 Å². The predicted octanol–water partition coefficient (Wildman–Crippen LogP) is 7.01. The van der Waals surface area contributed by atoms with Crippen molar-refractivity contribution >= 4 is 35.0 Å². The van der Waals surface area contributed by atoms with Gasteiger partial charge in [-0.15, -0.1) is 11.3 Å². The van der Waals surface area contributed by atoms with Gasteiger partial charge in [0.2, 0.25) is 0 Å². The Balaban J connectivity index is 1.76. The molecule has 6 heteroatoms. The number of rotatable bonds is 8. The number of nitriles is 1. The van der Waals surface area contributed by atoms with Gasteiger partial charge in [-0.1, -0.05) is 84.9 Å². The molecule has 0 aliphatic heterocycles. The van der Waals surface area contributed by atoms with Crippen molar-refractivity contribution in [1.29, 1.82) is 5.26 Å². The minimum Gasteiger partial charge on any atom is -0.491 e. The number of hydrogen-bond donors (Lipinski definition) is 1. The first-order valence-electron chi connectivity index (χ1n) is 11.1. The molecule has 1 aromatic heterocycles. The van der Waals surface area contributed by atoms with Gasteiger partial charge in [0, 0.05) is 0 Å². The van der Waals surface area contributed by atoms with E-state index in [1.165, 1.54) is 31.6 Å². The third-order valence-electron chi connectivity index (χ3n) is 5.54. The molecule has 0 saturated heterocycles. The first-order chi connectivity index (χ1) is 17.5. The number of methoxy groups -OCH3 is 2. The van der Waals surface area contributed by atoms with Gasteiger partial charge in [-0.05, 0) is 40.0 Å². The summed E-state index contributed by atoms with van der Waals surface area (Å²) in [7, 11) is 3.02. The average Bonchev–Trinajstić information content (AvgIpc) is 3.28. The SMILES string of the molecule is COc1c(/C=C(/C#N)C(=O)O)sc(-c2ccc(C=C(c3ccccc3)c3ccccc3)cc2)c1OC. The van der Waals surface area contributed by atoms with E-state index in [0.717, 1.165) is 32.7 Å². The lowest BCUT2D eigenvalue weighted by Crippen LogP contribution is -1.97. The fourth-order valence-corrected chi connectivity index (χ4v) is 5.01. The van der Waals surface area contributed by atoms with E-state index in [0.29, 0.717) is 16.4 Å². The van der Waals surface area contributed by atoms with E-state index in [-0.39, 0.29) is 5.57 Å². The Bertz CT molecular complexity index is 1420. The average molecular weight is 494 g/mol. The Kier molecular flexibility index (Phi) is 7.64. The number of aliphatic carboxylic acids is 1. The molecule has 0 bridgehead atoms. The third kappa shape index (κ3) is 5.22. The van der Waals surface area contributed by atoms with Crippen molar-refractivity contribution in [2.75, 3.05) is 14.2 Å². The van der Waals surface area contributed by atoms with Crippen LogP contribution in [0.1, 0.15) is 21.6 Å². The standard InChI is InChI=1S/C30H23NO4S/c1-34-27-26(18-24(19-31)30(32)33)36-29(28(27)35-2)23-15-13-20(14-16-23)17-25(21-9-5-3-6-10-21)22-11-7-4-8-12-22/h3-18H,1-2H3,(H,32,33)/b24-18-. The molecule has 5 nitrogen and oxygen atoms in total. The van der Waals surface area contributed by atoms with Crippen molar-refractivity contribution in [3.05, 3.63) is 112 Å². The molecule has 0 spiro atoms. The van der Waals surface area contributed by atoms with E-state index in [2.05, 4.69) is 30.3 Å². The van der Waals surface area contributed by atoms with Crippen LogP contribution in [0, 0.1) is 11.3 Å². The maximum atomic E-state index is 11.3. The van der Waals surface area contributed by atoms with Crippen molar-refractivity contribution < 1.29 is 19.4 Å². The van der Waals surface area contributed by atoms with Gasteiger partial charge in [-0.3, -0.25) is 0 Å². The maximum Gasteiger partial charge on any atom is 0.346 e. The molecule has 178 valence electrons. The second-order valence-corrected chi connectivity index (χ2v) is 8.80. The second kappa shape index (κ2) is 11.2. The molecule has 0 aliphatic carbocycles. The van der Waals surface area contributed by atoms with E-state index in [1.54, 1.807) is 6.07 Å². The molecule has 4 aromatic rings. The molecule has 36 heavy (non-hydrogen) atoms. The van der Waals surface area contributed by atoms with Gasteiger partial charge in [0.05, 0.1) is 24.0 Å². The minimum absolute atomic E-state index is 0.376. The van der Waals surface area contributed by atoms with Crippen LogP contribution in [0.2, 0.25) is 0 Å². The highest BCUT2D eigenvalue weighted by atomic mass is 32.1. The van der Waals surface area contributed by atoms with Crippen LogP contribution in [0.25, 0.3) is 28.2 Å². The Morgan fingerprint density at radius 2 is 1.39 bits per heavy atom. The molecule has 0 unspecified atom stereocenters. The number of hydrogen-bond acceptors (Lipinski definition) is 5. The largest absolute Gasteiger partial charge is 0.491 e. The second-order valence-electron chi connectivity index (χ2n) is 7.75. The summed E-state index contributed by atoms with van der Waals surface area (Å²) in [6.07, 6.45) is 3.46. The number of carboxylic acid groups (broad SMARTS) is 1. The van der Waals surface area contributed by atoms with Crippen LogP contribution in [-0.4, -0.2) is 25.3 Å². The zero-order chi connectivity index (χ0) is 25.5. The molecule has 0 radical (unpaired) electrons. The van der Waals surface area contributed by atoms with Crippen LogP contribution in [0.15, 0.2) is 90.5 Å². The third-order valence-corrected chi connectivity index (χ3v) is 6.68. The van der Waals surface area contributed by atoms with Crippen LogP contribution in [0.5, 0.6) is 11.5 Å². The fraction of sp³-hybridized carbons (Fsp3) is 0.0667. The summed E-state index contributed by atoms with van der Waals surface area (Å²) in [6.45, 7) is 0. The quantitative estimate of drug-likeness (QED) is 0.162. The van der Waals surface area contributed by atoms with Gasteiger partial charge in [0.15, 0.2) is 11.5 Å². The molecule has 1 N–H and O–H groups in total. The summed E-state index contributed by atoms with van der Waals surface area (Å²) >= 11 is 1.31. The molecule has 0 atom stereocenters. The van der Waals surface area contributed by atoms with Crippen LogP contribution in [0.4, 0.5) is 0 Å². The zero-order valence-corrected chi connectivity index (χ0v) is 20.6. The minimum atomic E-state index is -1.29. The van der Waals surface area contributed by atoms with E-state index in [9.17, 15) is 9.90 Å². The molecule has 4 rings (SSSR count). The smallest absolute Gasteiger partial charge is 0.346 e. The number of nitrogens with zero attached hydrogens (tertiary/aromatic N) is 1. The number of carbonyl (C=O) groups is 1. The van der Waals surface area contributed by atoms with Gasteiger partial charge >= 0.3 is 5.97 Å². The molecular formula is C30H23NO4S. The maximum absolute atomic E-state index is 11.3. The highest BCUT2D eigenvalue weighted by Gasteiger charge is 2.21. The normalized spacial score (nSPS) is 10.9. The van der Waals surface area contributed by atoms with Gasteiger partial charge < -0.3 is 14.6 Å². The van der Waals surface area contributed by atoms with Crippen molar-refractivity contribution in [3.8, 4) is 28.0 Å². The predicted molar refractivity (Wildman–Crippen MR) is 144 cm³/mol. The fourth-order valence-electron chi connectivity index (χ4n) is 3.82.